The molecule has 0 fully saturated rings. The van der Waals surface area contributed by atoms with Crippen LogP contribution < -0.4 is 38.9 Å². The lowest BCUT2D eigenvalue weighted by molar-refractivity contribution is -0.141. The number of aliphatic carboxylic acids is 1. The van der Waals surface area contributed by atoms with Crippen LogP contribution in [0, 0.1) is 0 Å². The molecule has 0 aromatic rings. The normalized spacial score (nSPS) is 14.2. The molecular formula is C17H32N8O6S2. The molecule has 0 spiro atoms. The Morgan fingerprint density at radius 2 is 1.33 bits per heavy atom. The van der Waals surface area contributed by atoms with E-state index in [4.69, 9.17) is 28.0 Å². The molecule has 0 radical (unpaired) electrons. The van der Waals surface area contributed by atoms with Crippen molar-refractivity contribution in [2.45, 2.75) is 49.9 Å². The molecule has 188 valence electrons. The maximum absolute atomic E-state index is 12.8. The number of carbonyl (C=O) groups excluding carboxylic acids is 4. The minimum absolute atomic E-state index is 0.00607. The number of nitrogens with one attached hydrogen (secondary N) is 3. The summed E-state index contributed by atoms with van der Waals surface area (Å²) >= 11 is 7.80. The van der Waals surface area contributed by atoms with E-state index >= 15 is 0 Å². The molecule has 0 aliphatic heterocycles. The second-order valence-corrected chi connectivity index (χ2v) is 7.68. The number of thiol groups is 2. The first-order valence-electron chi connectivity index (χ1n) is 9.87. The SMILES string of the molecule is NC(=O)CCC(NC(=O)C(N)CS)C(=O)NC(CCCN=C(N)N)C(=O)NC(CS)C(=O)O. The molecule has 0 saturated heterocycles. The zero-order valence-electron chi connectivity index (χ0n) is 17.9. The van der Waals surface area contributed by atoms with Gasteiger partial charge in [0, 0.05) is 24.5 Å². The van der Waals surface area contributed by atoms with Crippen molar-refractivity contribution in [1.82, 2.24) is 16.0 Å². The van der Waals surface area contributed by atoms with Crippen LogP contribution in [0.25, 0.3) is 0 Å². The second-order valence-electron chi connectivity index (χ2n) is 6.95. The molecule has 4 atom stereocenters. The number of nitrogens with zero attached hydrogens (tertiary/aromatic N) is 1. The van der Waals surface area contributed by atoms with Crippen LogP contribution in [0.2, 0.25) is 0 Å². The number of primary amides is 1. The Labute approximate surface area is 201 Å². The topological polar surface area (TPSA) is 258 Å². The highest BCUT2D eigenvalue weighted by atomic mass is 32.1. The number of carboxylic acid groups (broad SMARTS) is 1. The van der Waals surface area contributed by atoms with E-state index < -0.39 is 53.8 Å². The van der Waals surface area contributed by atoms with Crippen molar-refractivity contribution in [2.75, 3.05) is 18.1 Å². The fourth-order valence-corrected chi connectivity index (χ4v) is 2.83. The highest BCUT2D eigenvalue weighted by Gasteiger charge is 2.29. The molecule has 33 heavy (non-hydrogen) atoms. The third kappa shape index (κ3) is 12.8. The summed E-state index contributed by atoms with van der Waals surface area (Å²) in [6.45, 7) is 0.148. The van der Waals surface area contributed by atoms with Gasteiger partial charge in [-0.05, 0) is 19.3 Å². The number of amides is 4. The smallest absolute Gasteiger partial charge is 0.327 e. The van der Waals surface area contributed by atoms with Crippen molar-refractivity contribution in [3.05, 3.63) is 0 Å². The monoisotopic (exact) mass is 508 g/mol. The molecule has 4 amide bonds. The molecule has 0 heterocycles. The lowest BCUT2D eigenvalue weighted by atomic mass is 10.1. The third-order valence-corrected chi connectivity index (χ3v) is 4.98. The number of carbonyl (C=O) groups is 5. The fourth-order valence-electron chi connectivity index (χ4n) is 2.42. The first kappa shape index (κ1) is 30.3. The van der Waals surface area contributed by atoms with Crippen LogP contribution in [-0.4, -0.2) is 82.9 Å². The molecule has 0 saturated carbocycles. The molecule has 16 heteroatoms. The summed E-state index contributed by atoms with van der Waals surface area (Å²) in [5.41, 5.74) is 21.2. The minimum atomic E-state index is -1.31. The van der Waals surface area contributed by atoms with Crippen molar-refractivity contribution < 1.29 is 29.1 Å². The third-order valence-electron chi connectivity index (χ3n) is 4.22. The fraction of sp³-hybridized carbons (Fsp3) is 0.647. The molecule has 0 aromatic heterocycles. The van der Waals surface area contributed by atoms with E-state index in [1.165, 1.54) is 0 Å². The summed E-state index contributed by atoms with van der Waals surface area (Å²) in [5, 5.41) is 16.3. The molecule has 14 nitrogen and oxygen atoms in total. The maximum atomic E-state index is 12.8. The van der Waals surface area contributed by atoms with Gasteiger partial charge in [-0.15, -0.1) is 0 Å². The minimum Gasteiger partial charge on any atom is -0.480 e. The zero-order chi connectivity index (χ0) is 25.6. The van der Waals surface area contributed by atoms with E-state index in [9.17, 15) is 24.0 Å². The first-order valence-corrected chi connectivity index (χ1v) is 11.1. The summed E-state index contributed by atoms with van der Waals surface area (Å²) in [6.07, 6.45) is -0.0723. The largest absolute Gasteiger partial charge is 0.480 e. The maximum Gasteiger partial charge on any atom is 0.327 e. The lowest BCUT2D eigenvalue weighted by Crippen LogP contribution is -2.57. The van der Waals surface area contributed by atoms with Gasteiger partial charge >= 0.3 is 5.97 Å². The van der Waals surface area contributed by atoms with Crippen LogP contribution in [0.3, 0.4) is 0 Å². The number of carboxylic acids is 1. The lowest BCUT2D eigenvalue weighted by Gasteiger charge is -2.24. The number of hydrogen-bond donors (Lipinski definition) is 10. The Morgan fingerprint density at radius 3 is 1.79 bits per heavy atom. The Morgan fingerprint density at radius 1 is 0.818 bits per heavy atom. The Balaban J connectivity index is 5.52. The Kier molecular flexibility index (Phi) is 14.7. The van der Waals surface area contributed by atoms with Gasteiger partial charge in [0.1, 0.15) is 18.1 Å². The number of rotatable bonds is 16. The standard InChI is InChI=1S/C17H32N8O6S2/c18-8(6-32)13(27)23-10(3-4-12(19)26)15(29)24-9(2-1-5-22-17(20)21)14(28)25-11(7-33)16(30)31/h8-11,32-33H,1-7,18H2,(H2,19,26)(H,23,27)(H,24,29)(H,25,28)(H,30,31)(H4,20,21,22). The van der Waals surface area contributed by atoms with Gasteiger partial charge < -0.3 is 44.0 Å². The van der Waals surface area contributed by atoms with Crippen LogP contribution in [0.1, 0.15) is 25.7 Å². The summed E-state index contributed by atoms with van der Waals surface area (Å²) in [7, 11) is 0. The quantitative estimate of drug-likeness (QED) is 0.0421. The van der Waals surface area contributed by atoms with E-state index in [0.29, 0.717) is 0 Å². The van der Waals surface area contributed by atoms with Gasteiger partial charge in [0.05, 0.1) is 6.04 Å². The first-order chi connectivity index (χ1) is 15.4. The molecule has 0 aliphatic carbocycles. The van der Waals surface area contributed by atoms with Gasteiger partial charge in [-0.3, -0.25) is 24.2 Å². The van der Waals surface area contributed by atoms with Crippen molar-refractivity contribution in [1.29, 1.82) is 0 Å². The van der Waals surface area contributed by atoms with Crippen LogP contribution in [0.4, 0.5) is 0 Å². The molecule has 0 rings (SSSR count). The summed E-state index contributed by atoms with van der Waals surface area (Å²) < 4.78 is 0. The highest BCUT2D eigenvalue weighted by molar-refractivity contribution is 7.80. The summed E-state index contributed by atoms with van der Waals surface area (Å²) in [4.78, 5) is 63.7. The molecule has 0 aliphatic rings. The molecule has 12 N–H and O–H groups in total. The highest BCUT2D eigenvalue weighted by Crippen LogP contribution is 2.05. The number of guanidine groups is 1. The van der Waals surface area contributed by atoms with Crippen molar-refractivity contribution in [2.24, 2.45) is 27.9 Å². The predicted molar refractivity (Wildman–Crippen MR) is 127 cm³/mol. The van der Waals surface area contributed by atoms with E-state index in [0.717, 1.165) is 0 Å². The van der Waals surface area contributed by atoms with E-state index in [2.05, 4.69) is 46.2 Å². The van der Waals surface area contributed by atoms with Crippen LogP contribution in [0.15, 0.2) is 4.99 Å². The van der Waals surface area contributed by atoms with Gasteiger partial charge in [0.2, 0.25) is 23.6 Å². The molecule has 0 bridgehead atoms. The summed E-state index contributed by atoms with van der Waals surface area (Å²) in [5.74, 6) is -4.63. The predicted octanol–water partition coefficient (Wildman–Crippen LogP) is -3.97. The van der Waals surface area contributed by atoms with Gasteiger partial charge in [0.25, 0.3) is 0 Å². The molecular weight excluding hydrogens is 476 g/mol. The van der Waals surface area contributed by atoms with E-state index in [1.807, 2.05) is 0 Å². The number of aliphatic imine (C=N–C) groups is 1. The van der Waals surface area contributed by atoms with Gasteiger partial charge in [-0.1, -0.05) is 0 Å². The van der Waals surface area contributed by atoms with E-state index in [-0.39, 0.29) is 49.7 Å². The Bertz CT molecular complexity index is 734. The van der Waals surface area contributed by atoms with Crippen molar-refractivity contribution in [3.63, 3.8) is 0 Å². The summed E-state index contributed by atoms with van der Waals surface area (Å²) in [6, 6.07) is -4.73. The average Bonchev–Trinajstić information content (AvgIpc) is 2.75. The molecule has 0 aromatic carbocycles. The van der Waals surface area contributed by atoms with Crippen LogP contribution in [0.5, 0.6) is 0 Å². The van der Waals surface area contributed by atoms with E-state index in [1.54, 1.807) is 0 Å². The average molecular weight is 509 g/mol. The van der Waals surface area contributed by atoms with Crippen LogP contribution in [-0.2, 0) is 24.0 Å². The Hall–Kier alpha value is -2.72. The zero-order valence-corrected chi connectivity index (χ0v) is 19.7. The number of hydrogen-bond acceptors (Lipinski definition) is 9. The van der Waals surface area contributed by atoms with Gasteiger partial charge in [-0.25, -0.2) is 4.79 Å². The van der Waals surface area contributed by atoms with Gasteiger partial charge in [0.15, 0.2) is 5.96 Å². The second kappa shape index (κ2) is 16.0. The molecule has 4 unspecified atom stereocenters. The van der Waals surface area contributed by atoms with Crippen molar-refractivity contribution in [3.8, 4) is 0 Å². The van der Waals surface area contributed by atoms with Crippen LogP contribution >= 0.6 is 25.3 Å². The number of nitrogens with two attached hydrogens (primary N) is 4. The van der Waals surface area contributed by atoms with Crippen molar-refractivity contribution >= 4 is 60.8 Å². The van der Waals surface area contributed by atoms with Gasteiger partial charge in [-0.2, -0.15) is 25.3 Å².